The lowest BCUT2D eigenvalue weighted by molar-refractivity contribution is -0.768. The molecule has 0 spiro atoms. The summed E-state index contributed by atoms with van der Waals surface area (Å²) in [5.74, 6) is 0.730. The maximum Gasteiger partial charge on any atom is 0.325 e. The third kappa shape index (κ3) is 2.21. The number of rotatable bonds is 2. The number of carbonyl (C=O) groups excluding carboxylic acids is 1. The molecule has 0 fully saturated rings. The van der Waals surface area contributed by atoms with Crippen molar-refractivity contribution in [2.75, 3.05) is 10.7 Å². The van der Waals surface area contributed by atoms with Gasteiger partial charge in [0, 0.05) is 18.9 Å². The van der Waals surface area contributed by atoms with Crippen molar-refractivity contribution < 1.29 is 9.48 Å². The molecule has 0 radical (unpaired) electrons. The number of carbonyl (C=O) groups is 1. The summed E-state index contributed by atoms with van der Waals surface area (Å²) in [5, 5.41) is 5.07. The standard InChI is InChI=1S/C15H16N4O2S/c1-4-22-15-16-14(21)13-11-7-5-6-8-12(11)18(10(3)20)9(2)19(13)17-15/h5-9H,4H2,1-3H3/p+1/t9-/m1/s1. The Bertz CT molecular complexity index is 802. The van der Waals surface area contributed by atoms with Crippen LogP contribution >= 0.6 is 11.8 Å². The van der Waals surface area contributed by atoms with Gasteiger partial charge in [0.05, 0.1) is 11.3 Å². The number of para-hydroxylation sites is 1. The molecule has 0 saturated heterocycles. The van der Waals surface area contributed by atoms with Crippen LogP contribution in [0.3, 0.4) is 0 Å². The molecule has 114 valence electrons. The van der Waals surface area contributed by atoms with E-state index in [0.29, 0.717) is 10.9 Å². The Labute approximate surface area is 132 Å². The van der Waals surface area contributed by atoms with Crippen molar-refractivity contribution in [2.24, 2.45) is 0 Å². The zero-order valence-corrected chi connectivity index (χ0v) is 13.5. The van der Waals surface area contributed by atoms with E-state index in [9.17, 15) is 9.59 Å². The first-order valence-corrected chi connectivity index (χ1v) is 8.11. The molecule has 6 nitrogen and oxygen atoms in total. The molecule has 0 bridgehead atoms. The molecule has 1 atom stereocenters. The lowest BCUT2D eigenvalue weighted by atomic mass is 10.1. The second-order valence-corrected chi connectivity index (χ2v) is 6.28. The molecule has 1 amide bonds. The molecule has 0 aliphatic carbocycles. The summed E-state index contributed by atoms with van der Waals surface area (Å²) in [5.41, 5.74) is 1.76. The molecule has 7 heteroatoms. The summed E-state index contributed by atoms with van der Waals surface area (Å²) in [4.78, 5) is 29.1. The normalized spacial score (nSPS) is 16.1. The zero-order valence-electron chi connectivity index (χ0n) is 12.7. The van der Waals surface area contributed by atoms with E-state index in [4.69, 9.17) is 0 Å². The van der Waals surface area contributed by atoms with Gasteiger partial charge < -0.3 is 0 Å². The highest BCUT2D eigenvalue weighted by molar-refractivity contribution is 7.99. The smallest absolute Gasteiger partial charge is 0.291 e. The van der Waals surface area contributed by atoms with Crippen LogP contribution < -0.4 is 15.1 Å². The van der Waals surface area contributed by atoms with Crippen molar-refractivity contribution in [1.82, 2.24) is 10.1 Å². The third-order valence-corrected chi connectivity index (χ3v) is 4.38. The fraction of sp³-hybridized carbons (Fsp3) is 0.333. The van der Waals surface area contributed by atoms with Gasteiger partial charge in [-0.2, -0.15) is 0 Å². The number of aromatic amines is 1. The van der Waals surface area contributed by atoms with Gasteiger partial charge in [-0.1, -0.05) is 35.5 Å². The van der Waals surface area contributed by atoms with Crippen molar-refractivity contribution in [3.05, 3.63) is 34.6 Å². The summed E-state index contributed by atoms with van der Waals surface area (Å²) in [6.07, 6.45) is -0.346. The lowest BCUT2D eigenvalue weighted by Gasteiger charge is -2.29. The number of hydrogen-bond acceptors (Lipinski definition) is 4. The largest absolute Gasteiger partial charge is 0.325 e. The zero-order chi connectivity index (χ0) is 15.9. The molecule has 0 saturated carbocycles. The molecule has 0 unspecified atom stereocenters. The molecular formula is C15H17N4O2S+. The summed E-state index contributed by atoms with van der Waals surface area (Å²) in [6, 6.07) is 7.41. The van der Waals surface area contributed by atoms with Crippen LogP contribution in [0.2, 0.25) is 0 Å². The summed E-state index contributed by atoms with van der Waals surface area (Å²) in [7, 11) is 0. The van der Waals surface area contributed by atoms with Crippen LogP contribution in [0, 0.1) is 0 Å². The predicted octanol–water partition coefficient (Wildman–Crippen LogP) is 1.72. The van der Waals surface area contributed by atoms with E-state index in [1.807, 2.05) is 38.1 Å². The first kappa shape index (κ1) is 14.8. The minimum atomic E-state index is -0.346. The minimum absolute atomic E-state index is 0.0788. The van der Waals surface area contributed by atoms with E-state index in [-0.39, 0.29) is 17.6 Å². The van der Waals surface area contributed by atoms with E-state index in [2.05, 4.69) is 10.1 Å². The lowest BCUT2D eigenvalue weighted by Crippen LogP contribution is -2.59. The molecule has 1 aliphatic heterocycles. The fourth-order valence-electron chi connectivity index (χ4n) is 2.78. The number of aromatic nitrogens is 3. The van der Waals surface area contributed by atoms with E-state index in [1.165, 1.54) is 18.7 Å². The van der Waals surface area contributed by atoms with Gasteiger partial charge in [0.25, 0.3) is 6.17 Å². The van der Waals surface area contributed by atoms with Crippen LogP contribution in [0.4, 0.5) is 5.69 Å². The third-order valence-electron chi connectivity index (χ3n) is 3.63. The number of H-pyrrole nitrogens is 1. The molecule has 3 rings (SSSR count). The summed E-state index contributed by atoms with van der Waals surface area (Å²) < 4.78 is 1.64. The maximum atomic E-state index is 12.5. The molecule has 1 aromatic heterocycles. The Morgan fingerprint density at radius 3 is 2.86 bits per heavy atom. The molecule has 1 aliphatic rings. The van der Waals surface area contributed by atoms with Crippen molar-refractivity contribution in [1.29, 1.82) is 0 Å². The van der Waals surface area contributed by atoms with E-state index >= 15 is 0 Å². The molecular weight excluding hydrogens is 300 g/mol. The highest BCUT2D eigenvalue weighted by Crippen LogP contribution is 2.34. The van der Waals surface area contributed by atoms with E-state index < -0.39 is 0 Å². The van der Waals surface area contributed by atoms with Crippen molar-refractivity contribution in [2.45, 2.75) is 32.1 Å². The van der Waals surface area contributed by atoms with Crippen molar-refractivity contribution in [3.63, 3.8) is 0 Å². The summed E-state index contributed by atoms with van der Waals surface area (Å²) >= 11 is 1.46. The Balaban J connectivity index is 2.30. The number of amides is 1. The Morgan fingerprint density at radius 1 is 1.45 bits per heavy atom. The Hall–Kier alpha value is -2.15. The van der Waals surface area contributed by atoms with Crippen LogP contribution in [0.15, 0.2) is 34.2 Å². The van der Waals surface area contributed by atoms with E-state index in [1.54, 1.807) is 9.58 Å². The first-order valence-electron chi connectivity index (χ1n) is 7.12. The van der Waals surface area contributed by atoms with Crippen molar-refractivity contribution >= 4 is 23.4 Å². The SMILES string of the molecule is CCSc1n[n+]2c(c(=O)[nH]1)-c1ccccc1N(C(C)=O)[C@H]2C. The highest BCUT2D eigenvalue weighted by atomic mass is 32.2. The number of nitrogens with one attached hydrogen (secondary N) is 1. The molecule has 22 heavy (non-hydrogen) atoms. The van der Waals surface area contributed by atoms with Gasteiger partial charge in [-0.25, -0.2) is 0 Å². The van der Waals surface area contributed by atoms with Crippen molar-refractivity contribution in [3.8, 4) is 11.3 Å². The van der Waals surface area contributed by atoms with Gasteiger partial charge >= 0.3 is 11.3 Å². The summed E-state index contributed by atoms with van der Waals surface area (Å²) in [6.45, 7) is 5.39. The molecule has 2 heterocycles. The average molecular weight is 317 g/mol. The molecule has 1 aromatic carbocycles. The second-order valence-electron chi connectivity index (χ2n) is 5.02. The van der Waals surface area contributed by atoms with Crippen LogP contribution in [0.5, 0.6) is 0 Å². The van der Waals surface area contributed by atoms with Gasteiger partial charge in [0.1, 0.15) is 0 Å². The van der Waals surface area contributed by atoms with E-state index in [0.717, 1.165) is 17.0 Å². The number of hydrogen-bond donors (Lipinski definition) is 1. The number of thioether (sulfide) groups is 1. The Morgan fingerprint density at radius 2 is 2.18 bits per heavy atom. The van der Waals surface area contributed by atoms with Gasteiger partial charge in [-0.15, -0.1) is 0 Å². The topological polar surface area (TPSA) is 69.9 Å². The number of fused-ring (bicyclic) bond motifs is 3. The number of anilines is 1. The highest BCUT2D eigenvalue weighted by Gasteiger charge is 2.40. The maximum absolute atomic E-state index is 12.5. The van der Waals surface area contributed by atoms with Gasteiger partial charge in [-0.05, 0) is 17.9 Å². The Kier molecular flexibility index (Phi) is 3.74. The fourth-order valence-corrected chi connectivity index (χ4v) is 3.36. The average Bonchev–Trinajstić information content (AvgIpc) is 2.47. The van der Waals surface area contributed by atoms with Gasteiger partial charge in [-0.3, -0.25) is 19.5 Å². The monoisotopic (exact) mass is 317 g/mol. The number of benzene rings is 1. The number of nitrogens with zero attached hydrogens (tertiary/aromatic N) is 3. The van der Waals surface area contributed by atoms with Gasteiger partial charge in [0.2, 0.25) is 11.1 Å². The van der Waals surface area contributed by atoms with Crippen LogP contribution in [0.1, 0.15) is 26.9 Å². The van der Waals surface area contributed by atoms with Crippen LogP contribution in [-0.4, -0.2) is 21.7 Å². The molecule has 1 N–H and O–H groups in total. The predicted molar refractivity (Wildman–Crippen MR) is 84.8 cm³/mol. The van der Waals surface area contributed by atoms with Crippen LogP contribution in [-0.2, 0) is 4.79 Å². The quantitative estimate of drug-likeness (QED) is 0.676. The minimum Gasteiger partial charge on any atom is -0.291 e. The second kappa shape index (κ2) is 5.57. The molecule has 2 aromatic rings. The first-order chi connectivity index (χ1) is 10.5. The van der Waals surface area contributed by atoms with Crippen LogP contribution in [0.25, 0.3) is 11.3 Å². The van der Waals surface area contributed by atoms with Gasteiger partial charge in [0.15, 0.2) is 0 Å².